The van der Waals surface area contributed by atoms with Gasteiger partial charge in [0.25, 0.3) is 5.91 Å². The summed E-state index contributed by atoms with van der Waals surface area (Å²) >= 11 is 0. The standard InChI is InChI=1S/C40H55NO15/c1-21-30(43)32(45)33(46)39(52-21)56-35-26(16-17-51-28(35)19-41-37(48)25-14-12-24(13-15-25)23-10-6-3-7-11-23)54-40-34(47)36(31(44)29(20-42)55-40)53-27(38(49)50)18-22-8-4-2-5-9-22/h3,6-7,10-15,21-22,26-36,39-40,42-47H,2,4-5,8-9,16-20H2,1H3,(H,41,48)(H,49,50). The van der Waals surface area contributed by atoms with Crippen LogP contribution in [0.15, 0.2) is 54.6 Å². The van der Waals surface area contributed by atoms with Crippen molar-refractivity contribution in [3.63, 3.8) is 0 Å². The van der Waals surface area contributed by atoms with Crippen molar-refractivity contribution in [1.29, 1.82) is 0 Å². The van der Waals surface area contributed by atoms with Crippen molar-refractivity contribution in [2.24, 2.45) is 5.92 Å². The van der Waals surface area contributed by atoms with E-state index in [-0.39, 0.29) is 31.9 Å². The van der Waals surface area contributed by atoms with Crippen LogP contribution in [-0.4, -0.2) is 153 Å². The van der Waals surface area contributed by atoms with Gasteiger partial charge in [-0.15, -0.1) is 0 Å². The maximum Gasteiger partial charge on any atom is 0.332 e. The molecule has 3 heterocycles. The number of rotatable bonds is 14. The Balaban J connectivity index is 1.19. The molecule has 8 N–H and O–H groups in total. The monoisotopic (exact) mass is 789 g/mol. The fraction of sp³-hybridized carbons (Fsp3) is 0.650. The highest BCUT2D eigenvalue weighted by atomic mass is 16.7. The first-order valence-electron chi connectivity index (χ1n) is 19.5. The lowest BCUT2D eigenvalue weighted by Crippen LogP contribution is -2.64. The van der Waals surface area contributed by atoms with E-state index >= 15 is 0 Å². The quantitative estimate of drug-likeness (QED) is 0.132. The number of carboxylic acids is 1. The largest absolute Gasteiger partial charge is 0.479 e. The van der Waals surface area contributed by atoms with E-state index in [1.807, 2.05) is 42.5 Å². The highest BCUT2D eigenvalue weighted by Gasteiger charge is 2.51. The molecule has 3 saturated heterocycles. The van der Waals surface area contributed by atoms with Crippen molar-refractivity contribution < 1.29 is 73.8 Å². The number of nitrogens with one attached hydrogen (secondary N) is 1. The fourth-order valence-corrected chi connectivity index (χ4v) is 7.98. The van der Waals surface area contributed by atoms with Crippen LogP contribution >= 0.6 is 0 Å². The first-order valence-corrected chi connectivity index (χ1v) is 19.5. The van der Waals surface area contributed by atoms with Crippen LogP contribution in [0, 0.1) is 5.92 Å². The zero-order valence-electron chi connectivity index (χ0n) is 31.3. The number of ether oxygens (including phenoxy) is 6. The van der Waals surface area contributed by atoms with E-state index in [9.17, 15) is 45.3 Å². The third-order valence-corrected chi connectivity index (χ3v) is 11.3. The van der Waals surface area contributed by atoms with Crippen LogP contribution in [0.3, 0.4) is 0 Å². The van der Waals surface area contributed by atoms with Gasteiger partial charge in [-0.05, 0) is 48.9 Å². The molecule has 1 amide bonds. The number of hydrogen-bond donors (Lipinski definition) is 8. The number of aliphatic hydroxyl groups excluding tert-OH is 6. The first kappa shape index (κ1) is 42.5. The molecule has 310 valence electrons. The van der Waals surface area contributed by atoms with Gasteiger partial charge < -0.3 is 69.5 Å². The molecule has 0 radical (unpaired) electrons. The minimum atomic E-state index is -1.73. The summed E-state index contributed by atoms with van der Waals surface area (Å²) in [6, 6.07) is 16.7. The SMILES string of the molecule is CC1OC(OC2C(CNC(=O)c3ccc(-c4ccccc4)cc3)OCCC2OC2OC(CO)C(O)C(OC(CC3CCCCC3)C(=O)O)C2O)C(O)C(O)C1O. The second kappa shape index (κ2) is 19.6. The Morgan fingerprint density at radius 3 is 2.12 bits per heavy atom. The zero-order chi connectivity index (χ0) is 39.9. The number of benzene rings is 2. The van der Waals surface area contributed by atoms with Gasteiger partial charge in [0.2, 0.25) is 0 Å². The number of aliphatic hydroxyl groups is 6. The maximum absolute atomic E-state index is 13.3. The summed E-state index contributed by atoms with van der Waals surface area (Å²) in [6.45, 7) is 0.753. The van der Waals surface area contributed by atoms with E-state index in [0.29, 0.717) is 5.56 Å². The van der Waals surface area contributed by atoms with Crippen molar-refractivity contribution in [2.45, 2.75) is 138 Å². The smallest absolute Gasteiger partial charge is 0.332 e. The lowest BCUT2D eigenvalue weighted by Gasteiger charge is -2.47. The Kier molecular flexibility index (Phi) is 14.9. The van der Waals surface area contributed by atoms with Crippen LogP contribution in [0.2, 0.25) is 0 Å². The van der Waals surface area contributed by atoms with E-state index in [2.05, 4.69) is 5.32 Å². The Labute approximate surface area is 325 Å². The molecule has 14 unspecified atom stereocenters. The molecule has 56 heavy (non-hydrogen) atoms. The zero-order valence-corrected chi connectivity index (χ0v) is 31.3. The summed E-state index contributed by atoms with van der Waals surface area (Å²) in [7, 11) is 0. The van der Waals surface area contributed by atoms with Crippen molar-refractivity contribution >= 4 is 11.9 Å². The van der Waals surface area contributed by atoms with Gasteiger partial charge in [0.15, 0.2) is 18.7 Å². The second-order valence-corrected chi connectivity index (χ2v) is 15.2. The highest BCUT2D eigenvalue weighted by Crippen LogP contribution is 2.34. The lowest BCUT2D eigenvalue weighted by molar-refractivity contribution is -0.355. The third kappa shape index (κ3) is 10.1. The molecule has 2 aromatic carbocycles. The number of hydrogen-bond acceptors (Lipinski definition) is 14. The molecule has 1 saturated carbocycles. The van der Waals surface area contributed by atoms with Crippen LogP contribution in [0.25, 0.3) is 11.1 Å². The lowest BCUT2D eigenvalue weighted by atomic mass is 9.85. The summed E-state index contributed by atoms with van der Waals surface area (Å²) in [5.74, 6) is -1.56. The molecule has 6 rings (SSSR count). The van der Waals surface area contributed by atoms with Crippen LogP contribution in [0.4, 0.5) is 0 Å². The van der Waals surface area contributed by atoms with Crippen molar-refractivity contribution in [3.8, 4) is 11.1 Å². The predicted octanol–water partition coefficient (Wildman–Crippen LogP) is 0.718. The Morgan fingerprint density at radius 2 is 1.45 bits per heavy atom. The molecule has 14 atom stereocenters. The molecule has 0 bridgehead atoms. The number of amides is 1. The first-order chi connectivity index (χ1) is 26.9. The highest BCUT2D eigenvalue weighted by molar-refractivity contribution is 5.94. The van der Waals surface area contributed by atoms with Crippen LogP contribution < -0.4 is 5.32 Å². The average Bonchev–Trinajstić information content (AvgIpc) is 3.21. The van der Waals surface area contributed by atoms with Gasteiger partial charge in [-0.2, -0.15) is 0 Å². The van der Waals surface area contributed by atoms with E-state index < -0.39 is 104 Å². The van der Waals surface area contributed by atoms with Crippen molar-refractivity contribution in [3.05, 3.63) is 60.2 Å². The van der Waals surface area contributed by atoms with Crippen LogP contribution in [0.5, 0.6) is 0 Å². The molecule has 3 aliphatic heterocycles. The Bertz CT molecular complexity index is 1540. The summed E-state index contributed by atoms with van der Waals surface area (Å²) in [5, 5.41) is 77.3. The molecule has 1 aliphatic carbocycles. The van der Waals surface area contributed by atoms with E-state index in [1.165, 1.54) is 6.92 Å². The van der Waals surface area contributed by atoms with Crippen molar-refractivity contribution in [2.75, 3.05) is 19.8 Å². The van der Waals surface area contributed by atoms with Gasteiger partial charge in [0, 0.05) is 18.7 Å². The van der Waals surface area contributed by atoms with E-state index in [1.54, 1.807) is 12.1 Å². The molecule has 16 heteroatoms. The summed E-state index contributed by atoms with van der Waals surface area (Å²) in [6.07, 6.45) is -14.3. The molecular weight excluding hydrogens is 734 g/mol. The number of carboxylic acid groups (broad SMARTS) is 1. The molecule has 0 aromatic heterocycles. The van der Waals surface area contributed by atoms with Crippen molar-refractivity contribution in [1.82, 2.24) is 5.32 Å². The minimum absolute atomic E-state index is 0.0833. The van der Waals surface area contributed by atoms with E-state index in [4.69, 9.17) is 28.4 Å². The van der Waals surface area contributed by atoms with Crippen LogP contribution in [0.1, 0.15) is 62.2 Å². The molecule has 4 fully saturated rings. The molecule has 16 nitrogen and oxygen atoms in total. The van der Waals surface area contributed by atoms with Gasteiger partial charge in [0.1, 0.15) is 54.9 Å². The Morgan fingerprint density at radius 1 is 0.768 bits per heavy atom. The average molecular weight is 790 g/mol. The molecule has 4 aliphatic rings. The Hall–Kier alpha value is -3.10. The van der Waals surface area contributed by atoms with Gasteiger partial charge >= 0.3 is 5.97 Å². The summed E-state index contributed by atoms with van der Waals surface area (Å²) in [5.41, 5.74) is 2.30. The summed E-state index contributed by atoms with van der Waals surface area (Å²) in [4.78, 5) is 25.6. The summed E-state index contributed by atoms with van der Waals surface area (Å²) < 4.78 is 36.0. The predicted molar refractivity (Wildman–Crippen MR) is 196 cm³/mol. The fourth-order valence-electron chi connectivity index (χ4n) is 7.98. The normalized spacial score (nSPS) is 36.1. The topological polar surface area (TPSA) is 243 Å². The molecule has 2 aromatic rings. The molecular formula is C40H55NO15. The molecule has 0 spiro atoms. The second-order valence-electron chi connectivity index (χ2n) is 15.2. The number of carbonyl (C=O) groups excluding carboxylic acids is 1. The van der Waals surface area contributed by atoms with Gasteiger partial charge in [0.05, 0.1) is 18.8 Å². The maximum atomic E-state index is 13.3. The number of carbonyl (C=O) groups is 2. The number of aliphatic carboxylic acids is 1. The van der Waals surface area contributed by atoms with E-state index in [0.717, 1.165) is 43.2 Å². The third-order valence-electron chi connectivity index (χ3n) is 11.3. The van der Waals surface area contributed by atoms with Crippen LogP contribution in [-0.2, 0) is 33.2 Å². The van der Waals surface area contributed by atoms with Gasteiger partial charge in [-0.25, -0.2) is 4.79 Å². The minimum Gasteiger partial charge on any atom is -0.479 e. The van der Waals surface area contributed by atoms with Gasteiger partial charge in [-0.3, -0.25) is 4.79 Å². The van der Waals surface area contributed by atoms with Gasteiger partial charge in [-0.1, -0.05) is 74.6 Å².